The fraction of sp³-hybridized carbons (Fsp3) is 0.692. The van der Waals surface area contributed by atoms with Crippen molar-refractivity contribution in [3.63, 3.8) is 0 Å². The Labute approximate surface area is 235 Å². The van der Waals surface area contributed by atoms with Gasteiger partial charge in [0.05, 0.1) is 10.3 Å². The molecule has 38 heavy (non-hydrogen) atoms. The van der Waals surface area contributed by atoms with Crippen molar-refractivity contribution in [2.75, 3.05) is 25.0 Å². The number of anilines is 1. The first-order valence-corrected chi connectivity index (χ1v) is 16.0. The zero-order valence-electron chi connectivity index (χ0n) is 21.8. The van der Waals surface area contributed by atoms with Gasteiger partial charge in [0.15, 0.2) is 0 Å². The maximum Gasteiger partial charge on any atom is 0.245 e. The van der Waals surface area contributed by atoms with Gasteiger partial charge in [-0.1, -0.05) is 38.2 Å². The number of piperidine rings is 1. The van der Waals surface area contributed by atoms with Crippen molar-refractivity contribution in [2.24, 2.45) is 11.8 Å². The van der Waals surface area contributed by atoms with Crippen molar-refractivity contribution >= 4 is 50.7 Å². The molecule has 0 aromatic heterocycles. The largest absolute Gasteiger partial charge is 0.324 e. The molecule has 0 spiro atoms. The van der Waals surface area contributed by atoms with Crippen molar-refractivity contribution < 1.29 is 18.0 Å². The lowest BCUT2D eigenvalue weighted by molar-refractivity contribution is -0.140. The molecule has 2 heterocycles. The molecule has 12 heteroatoms. The summed E-state index contributed by atoms with van der Waals surface area (Å²) in [5, 5.41) is 6.80. The van der Waals surface area contributed by atoms with Crippen molar-refractivity contribution in [3.05, 3.63) is 23.8 Å². The van der Waals surface area contributed by atoms with Crippen LogP contribution in [0.2, 0.25) is 0 Å². The zero-order valence-corrected chi connectivity index (χ0v) is 24.2. The third-order valence-electron chi connectivity index (χ3n) is 7.97. The molecule has 3 fully saturated rings. The number of hydrogen-bond acceptors (Lipinski definition) is 6. The molecule has 3 aliphatic rings. The summed E-state index contributed by atoms with van der Waals surface area (Å²) in [6, 6.07) is 5.04. The van der Waals surface area contributed by atoms with Crippen LogP contribution in [0.1, 0.15) is 63.4 Å². The van der Waals surface area contributed by atoms with Crippen molar-refractivity contribution in [3.8, 4) is 0 Å². The molecule has 4 atom stereocenters. The van der Waals surface area contributed by atoms with E-state index in [9.17, 15) is 18.0 Å². The molecule has 9 nitrogen and oxygen atoms in total. The topological polar surface area (TPSA) is 120 Å². The first kappa shape index (κ1) is 29.6. The second kappa shape index (κ2) is 13.3. The average Bonchev–Trinajstić information content (AvgIpc) is 2.89. The van der Waals surface area contributed by atoms with E-state index in [4.69, 9.17) is 23.2 Å². The molecule has 212 valence electrons. The molecule has 4 unspecified atom stereocenters. The highest BCUT2D eigenvalue weighted by molar-refractivity contribution is 7.89. The van der Waals surface area contributed by atoms with Gasteiger partial charge in [-0.2, -0.15) is 0 Å². The number of rotatable bonds is 9. The van der Waals surface area contributed by atoms with Crippen LogP contribution >= 0.6 is 23.2 Å². The number of hydrazine groups is 1. The van der Waals surface area contributed by atoms with Gasteiger partial charge in [0.1, 0.15) is 12.0 Å². The Bertz CT molecular complexity index is 1100. The van der Waals surface area contributed by atoms with Gasteiger partial charge < -0.3 is 10.6 Å². The summed E-state index contributed by atoms with van der Waals surface area (Å²) in [5.41, 5.74) is 2.92. The fourth-order valence-electron chi connectivity index (χ4n) is 5.87. The molecule has 2 saturated heterocycles. The van der Waals surface area contributed by atoms with E-state index >= 15 is 0 Å². The van der Waals surface area contributed by atoms with Crippen molar-refractivity contribution in [1.29, 1.82) is 0 Å². The van der Waals surface area contributed by atoms with Crippen LogP contribution < -0.4 is 20.8 Å². The summed E-state index contributed by atoms with van der Waals surface area (Å²) in [5.74, 6) is 0.732. The summed E-state index contributed by atoms with van der Waals surface area (Å²) >= 11 is 12.0. The van der Waals surface area contributed by atoms with Gasteiger partial charge in [0, 0.05) is 24.7 Å². The number of benzene rings is 1. The summed E-state index contributed by atoms with van der Waals surface area (Å²) in [4.78, 5) is 24.8. The number of aryl methyl sites for hydroxylation is 1. The summed E-state index contributed by atoms with van der Waals surface area (Å²) in [6.45, 7) is 2.78. The van der Waals surface area contributed by atoms with Crippen LogP contribution in [0.5, 0.6) is 0 Å². The Hall–Kier alpha value is -1.43. The molecule has 2 amide bonds. The summed E-state index contributed by atoms with van der Waals surface area (Å²) in [6.07, 6.45) is 9.79. The summed E-state index contributed by atoms with van der Waals surface area (Å²) < 4.78 is 29.0. The van der Waals surface area contributed by atoms with Crippen LogP contribution in [-0.4, -0.2) is 61.8 Å². The van der Waals surface area contributed by atoms with Crippen LogP contribution in [0.3, 0.4) is 0 Å². The minimum atomic E-state index is -3.77. The lowest BCUT2D eigenvalue weighted by Gasteiger charge is -2.37. The van der Waals surface area contributed by atoms with Crippen LogP contribution in [0, 0.1) is 18.8 Å². The van der Waals surface area contributed by atoms with Crippen LogP contribution in [0.15, 0.2) is 23.1 Å². The minimum absolute atomic E-state index is 0.0200. The van der Waals surface area contributed by atoms with Crippen LogP contribution in [0.25, 0.3) is 0 Å². The second-order valence-corrected chi connectivity index (χ2v) is 13.5. The highest BCUT2D eigenvalue weighted by atomic mass is 35.5. The van der Waals surface area contributed by atoms with Crippen molar-refractivity contribution in [2.45, 2.75) is 86.5 Å². The number of sulfonamides is 1. The molecular weight excluding hydrogens is 549 g/mol. The maximum absolute atomic E-state index is 13.1. The Morgan fingerprint density at radius 1 is 1.13 bits per heavy atom. The van der Waals surface area contributed by atoms with E-state index < -0.39 is 26.8 Å². The van der Waals surface area contributed by atoms with E-state index in [1.165, 1.54) is 44.6 Å². The molecule has 0 bridgehead atoms. The Morgan fingerprint density at radius 2 is 1.89 bits per heavy atom. The molecule has 1 aliphatic carbocycles. The first-order valence-electron chi connectivity index (χ1n) is 13.6. The standard InChI is InChI=1S/C26H39Cl2N5O4S/c1-17-7-8-21(31-24(34)16-33-25(35)15-22(27)26(28)32-33)14-23(17)38(36,37)30-12-10-20-13-19(9-11-29-20)18-5-3-2-4-6-18/h7-8,14,18-20,22,26,29-30,32H,2-6,9-13,15-16H2,1H3,(H,31,34). The molecule has 2 aliphatic heterocycles. The first-order chi connectivity index (χ1) is 18.1. The molecule has 1 aromatic carbocycles. The van der Waals surface area contributed by atoms with Crippen LogP contribution in [-0.2, 0) is 19.6 Å². The SMILES string of the molecule is Cc1ccc(NC(=O)CN2NC(Cl)C(Cl)CC2=O)cc1S(=O)(=O)NCCC1CC(C2CCCCC2)CCN1. The molecule has 4 N–H and O–H groups in total. The molecular formula is C26H39Cl2N5O4S. The van der Waals surface area contributed by atoms with E-state index in [2.05, 4.69) is 20.8 Å². The van der Waals surface area contributed by atoms with E-state index in [1.807, 2.05) is 0 Å². The number of amides is 2. The Morgan fingerprint density at radius 3 is 2.66 bits per heavy atom. The number of hydrogen-bond donors (Lipinski definition) is 4. The number of carbonyl (C=O) groups is 2. The maximum atomic E-state index is 13.1. The van der Waals surface area contributed by atoms with Gasteiger partial charge >= 0.3 is 0 Å². The number of carbonyl (C=O) groups excluding carboxylic acids is 2. The number of alkyl halides is 2. The summed E-state index contributed by atoms with van der Waals surface area (Å²) in [7, 11) is -3.77. The smallest absolute Gasteiger partial charge is 0.245 e. The average molecular weight is 589 g/mol. The van der Waals surface area contributed by atoms with Crippen LogP contribution in [0.4, 0.5) is 5.69 Å². The Kier molecular flexibility index (Phi) is 10.3. The fourth-order valence-corrected chi connectivity index (χ4v) is 7.58. The normalized spacial score (nSPS) is 27.3. The van der Waals surface area contributed by atoms with E-state index in [1.54, 1.807) is 19.1 Å². The van der Waals surface area contributed by atoms with E-state index in [0.29, 0.717) is 23.8 Å². The van der Waals surface area contributed by atoms with Gasteiger partial charge in [-0.3, -0.25) is 14.6 Å². The van der Waals surface area contributed by atoms with Gasteiger partial charge in [0.2, 0.25) is 21.8 Å². The number of nitrogens with zero attached hydrogens (tertiary/aromatic N) is 1. The lowest BCUT2D eigenvalue weighted by atomic mass is 9.74. The monoisotopic (exact) mass is 587 g/mol. The minimum Gasteiger partial charge on any atom is -0.324 e. The quantitative estimate of drug-likeness (QED) is 0.259. The van der Waals surface area contributed by atoms with E-state index in [0.717, 1.165) is 36.2 Å². The zero-order chi connectivity index (χ0) is 27.3. The Balaban J connectivity index is 1.30. The van der Waals surface area contributed by atoms with Gasteiger partial charge in [-0.25, -0.2) is 18.6 Å². The lowest BCUT2D eigenvalue weighted by Crippen LogP contribution is -2.57. The highest BCUT2D eigenvalue weighted by Gasteiger charge is 2.32. The highest BCUT2D eigenvalue weighted by Crippen LogP contribution is 2.36. The molecule has 0 radical (unpaired) electrons. The second-order valence-electron chi connectivity index (χ2n) is 10.8. The van der Waals surface area contributed by atoms with Gasteiger partial charge in [-0.15, -0.1) is 23.2 Å². The third kappa shape index (κ3) is 7.82. The van der Waals surface area contributed by atoms with E-state index in [-0.39, 0.29) is 23.8 Å². The number of halogens is 2. The molecule has 1 aromatic rings. The number of nitrogens with one attached hydrogen (secondary N) is 4. The molecule has 4 rings (SSSR count). The third-order valence-corrected chi connectivity index (χ3v) is 10.5. The predicted molar refractivity (Wildman–Crippen MR) is 149 cm³/mol. The van der Waals surface area contributed by atoms with Gasteiger partial charge in [0.25, 0.3) is 0 Å². The molecule has 1 saturated carbocycles. The van der Waals surface area contributed by atoms with Gasteiger partial charge in [-0.05, 0) is 62.3 Å². The predicted octanol–water partition coefficient (Wildman–Crippen LogP) is 3.46. The van der Waals surface area contributed by atoms with Crippen molar-refractivity contribution in [1.82, 2.24) is 20.5 Å².